The molecule has 10 heteroatoms. The van der Waals surface area contributed by atoms with Crippen molar-refractivity contribution in [3.05, 3.63) is 40.9 Å². The molecule has 1 aromatic heterocycles. The Kier molecular flexibility index (Phi) is 8.38. The molecule has 0 spiro atoms. The summed E-state index contributed by atoms with van der Waals surface area (Å²) in [4.78, 5) is 39.8. The van der Waals surface area contributed by atoms with Gasteiger partial charge < -0.3 is 14.8 Å². The van der Waals surface area contributed by atoms with Crippen molar-refractivity contribution >= 4 is 34.6 Å². The minimum absolute atomic E-state index is 0.155. The maximum atomic E-state index is 12.2. The van der Waals surface area contributed by atoms with E-state index in [0.29, 0.717) is 23.7 Å². The number of carbonyl (C=O) groups excluding carboxylic acids is 3. The lowest BCUT2D eigenvalue weighted by molar-refractivity contribution is -0.114. The molecule has 0 bridgehead atoms. The zero-order chi connectivity index (χ0) is 23.0. The van der Waals surface area contributed by atoms with Crippen LogP contribution in [-0.4, -0.2) is 40.2 Å². The van der Waals surface area contributed by atoms with Gasteiger partial charge in [-0.15, -0.1) is 11.3 Å². The smallest absolute Gasteiger partial charge is 0.431 e. The second-order valence-corrected chi connectivity index (χ2v) is 8.56. The summed E-state index contributed by atoms with van der Waals surface area (Å²) in [5, 5.41) is 6.18. The number of ether oxygens (including phenoxy) is 2. The van der Waals surface area contributed by atoms with Gasteiger partial charge in [-0.25, -0.2) is 25.0 Å². The minimum atomic E-state index is -0.788. The van der Waals surface area contributed by atoms with Crippen LogP contribution in [0, 0.1) is 0 Å². The number of hydrazine groups is 1. The second-order valence-electron chi connectivity index (χ2n) is 7.70. The van der Waals surface area contributed by atoms with E-state index in [9.17, 15) is 14.4 Å². The maximum Gasteiger partial charge on any atom is 0.431 e. The van der Waals surface area contributed by atoms with Crippen LogP contribution < -0.4 is 15.5 Å². The van der Waals surface area contributed by atoms with Crippen molar-refractivity contribution in [1.82, 2.24) is 15.4 Å². The van der Waals surface area contributed by atoms with Crippen LogP contribution in [0.5, 0.6) is 5.75 Å². The van der Waals surface area contributed by atoms with Gasteiger partial charge in [0.1, 0.15) is 11.4 Å². The summed E-state index contributed by atoms with van der Waals surface area (Å²) >= 11 is 1.37. The first-order chi connectivity index (χ1) is 14.6. The van der Waals surface area contributed by atoms with E-state index in [2.05, 4.69) is 15.7 Å². The van der Waals surface area contributed by atoms with Crippen LogP contribution in [0.4, 0.5) is 14.7 Å². The number of aromatic nitrogens is 1. The molecule has 2 aromatic rings. The highest BCUT2D eigenvalue weighted by atomic mass is 32.1. The molecule has 0 atom stereocenters. The predicted octanol–water partition coefficient (Wildman–Crippen LogP) is 4.15. The molecule has 2 N–H and O–H groups in total. The van der Waals surface area contributed by atoms with Gasteiger partial charge in [-0.05, 0) is 58.2 Å². The highest BCUT2D eigenvalue weighted by Crippen LogP contribution is 2.19. The van der Waals surface area contributed by atoms with Gasteiger partial charge in [0.05, 0.1) is 5.69 Å². The van der Waals surface area contributed by atoms with Crippen LogP contribution in [-0.2, 0) is 22.4 Å². The summed E-state index contributed by atoms with van der Waals surface area (Å²) in [7, 11) is 0. The summed E-state index contributed by atoms with van der Waals surface area (Å²) in [5.41, 5.74) is 3.54. The Morgan fingerprint density at radius 1 is 1.19 bits per heavy atom. The molecule has 0 aliphatic rings. The molecule has 0 radical (unpaired) electrons. The highest BCUT2D eigenvalue weighted by Gasteiger charge is 2.23. The normalized spacial score (nSPS) is 10.9. The predicted molar refractivity (Wildman–Crippen MR) is 118 cm³/mol. The molecule has 168 valence electrons. The highest BCUT2D eigenvalue weighted by molar-refractivity contribution is 7.13. The topological polar surface area (TPSA) is 110 Å². The van der Waals surface area contributed by atoms with E-state index >= 15 is 0 Å². The third kappa shape index (κ3) is 8.63. The molecule has 0 saturated heterocycles. The number of rotatable bonds is 6. The van der Waals surface area contributed by atoms with E-state index in [0.717, 1.165) is 16.3 Å². The number of hydrogen-bond acceptors (Lipinski definition) is 7. The molecule has 0 fully saturated rings. The second kappa shape index (κ2) is 10.8. The third-order valence-corrected chi connectivity index (χ3v) is 4.58. The lowest BCUT2D eigenvalue weighted by Gasteiger charge is -2.26. The van der Waals surface area contributed by atoms with E-state index in [1.54, 1.807) is 45.9 Å². The van der Waals surface area contributed by atoms with E-state index < -0.39 is 17.8 Å². The van der Waals surface area contributed by atoms with Crippen LogP contribution in [0.3, 0.4) is 0 Å². The molecule has 31 heavy (non-hydrogen) atoms. The van der Waals surface area contributed by atoms with Crippen molar-refractivity contribution in [2.24, 2.45) is 0 Å². The molecule has 0 saturated carbocycles. The van der Waals surface area contributed by atoms with Gasteiger partial charge in [-0.1, -0.05) is 12.1 Å². The monoisotopic (exact) mass is 448 g/mol. The maximum absolute atomic E-state index is 12.2. The van der Waals surface area contributed by atoms with Gasteiger partial charge in [0.25, 0.3) is 0 Å². The average molecular weight is 449 g/mol. The molecule has 2 rings (SSSR count). The zero-order valence-corrected chi connectivity index (χ0v) is 19.2. The van der Waals surface area contributed by atoms with Gasteiger partial charge in [0, 0.05) is 18.8 Å². The largest absolute Gasteiger partial charge is 0.442 e. The number of thiazole rings is 1. The van der Waals surface area contributed by atoms with Crippen LogP contribution >= 0.6 is 11.3 Å². The van der Waals surface area contributed by atoms with Crippen molar-refractivity contribution < 1.29 is 23.9 Å². The Bertz CT molecular complexity index is 922. The molecule has 1 heterocycles. The summed E-state index contributed by atoms with van der Waals surface area (Å²) in [6.07, 6.45) is -0.0957. The van der Waals surface area contributed by atoms with Crippen molar-refractivity contribution in [1.29, 1.82) is 0 Å². The Morgan fingerprint density at radius 2 is 1.94 bits per heavy atom. The molecule has 0 aliphatic heterocycles. The van der Waals surface area contributed by atoms with Gasteiger partial charge >= 0.3 is 12.2 Å². The SMILES string of the molecule is CCN(NC(=O)Oc1cccc(CCc2csc(NC(C)=O)n2)c1)C(=O)OC(C)(C)C. The average Bonchev–Trinajstić information content (AvgIpc) is 3.10. The van der Waals surface area contributed by atoms with Gasteiger partial charge in [0.2, 0.25) is 5.91 Å². The number of nitrogens with zero attached hydrogens (tertiary/aromatic N) is 2. The Labute approximate surface area is 185 Å². The molecular formula is C21H28N4O5S. The quantitative estimate of drug-likeness (QED) is 0.643. The van der Waals surface area contributed by atoms with E-state index in [1.807, 2.05) is 11.4 Å². The van der Waals surface area contributed by atoms with E-state index in [4.69, 9.17) is 9.47 Å². The standard InChI is InChI=1S/C21H28N4O5S/c1-6-25(20(28)30-21(3,4)5)24-19(27)29-17-9-7-8-15(12-17)10-11-16-13-31-18(23-16)22-14(2)26/h7-9,12-13H,6,10-11H2,1-5H3,(H,24,27)(H,22,23,26). The van der Waals surface area contributed by atoms with E-state index in [-0.39, 0.29) is 12.5 Å². The molecule has 3 amide bonds. The van der Waals surface area contributed by atoms with Crippen LogP contribution in [0.2, 0.25) is 0 Å². The summed E-state index contributed by atoms with van der Waals surface area (Å²) in [6, 6.07) is 7.12. The van der Waals surface area contributed by atoms with Gasteiger partial charge in [-0.2, -0.15) is 0 Å². The van der Waals surface area contributed by atoms with Gasteiger partial charge in [-0.3, -0.25) is 4.79 Å². The number of anilines is 1. The van der Waals surface area contributed by atoms with Crippen molar-refractivity contribution in [2.75, 3.05) is 11.9 Å². The van der Waals surface area contributed by atoms with Crippen molar-refractivity contribution in [3.8, 4) is 5.75 Å². The third-order valence-electron chi connectivity index (χ3n) is 3.77. The fourth-order valence-electron chi connectivity index (χ4n) is 2.48. The first-order valence-corrected chi connectivity index (χ1v) is 10.7. The van der Waals surface area contributed by atoms with Crippen molar-refractivity contribution in [2.45, 2.75) is 53.1 Å². The first kappa shape index (κ1) is 24.1. The summed E-state index contributed by atoms with van der Waals surface area (Å²) in [6.45, 7) is 8.60. The van der Waals surface area contributed by atoms with Crippen LogP contribution in [0.25, 0.3) is 0 Å². The number of nitrogens with one attached hydrogen (secondary N) is 2. The number of benzene rings is 1. The Morgan fingerprint density at radius 3 is 2.58 bits per heavy atom. The van der Waals surface area contributed by atoms with Crippen LogP contribution in [0.1, 0.15) is 45.9 Å². The Balaban J connectivity index is 1.90. The summed E-state index contributed by atoms with van der Waals surface area (Å²) in [5.74, 6) is 0.199. The molecule has 1 aromatic carbocycles. The summed E-state index contributed by atoms with van der Waals surface area (Å²) < 4.78 is 10.6. The van der Waals surface area contributed by atoms with Crippen molar-refractivity contribution in [3.63, 3.8) is 0 Å². The van der Waals surface area contributed by atoms with E-state index in [1.165, 1.54) is 18.3 Å². The fraction of sp³-hybridized carbons (Fsp3) is 0.429. The molecule has 0 unspecified atom stereocenters. The van der Waals surface area contributed by atoms with Gasteiger partial charge in [0.15, 0.2) is 5.13 Å². The first-order valence-electron chi connectivity index (χ1n) is 9.85. The number of carbonyl (C=O) groups is 3. The molecule has 9 nitrogen and oxygen atoms in total. The number of aryl methyl sites for hydroxylation is 2. The number of amides is 3. The lowest BCUT2D eigenvalue weighted by atomic mass is 10.1. The Hall–Kier alpha value is -3.14. The van der Waals surface area contributed by atoms with Crippen LogP contribution in [0.15, 0.2) is 29.6 Å². The zero-order valence-electron chi connectivity index (χ0n) is 18.4. The minimum Gasteiger partial charge on any atom is -0.442 e. The molecule has 0 aliphatic carbocycles. The fourth-order valence-corrected chi connectivity index (χ4v) is 3.27. The molecular weight excluding hydrogens is 420 g/mol. The number of hydrogen-bond donors (Lipinski definition) is 2. The lowest BCUT2D eigenvalue weighted by Crippen LogP contribution is -2.49.